The molecule has 0 aliphatic heterocycles. The Kier molecular flexibility index (Phi) is 1.80. The second-order valence-electron chi connectivity index (χ2n) is 3.89. The number of nitrogens with zero attached hydrogens (tertiary/aromatic N) is 3. The fourth-order valence-electron chi connectivity index (χ4n) is 1.76. The lowest BCUT2D eigenvalue weighted by Gasteiger charge is -1.98. The van der Waals surface area contributed by atoms with Crippen molar-refractivity contribution in [3.63, 3.8) is 0 Å². The summed E-state index contributed by atoms with van der Waals surface area (Å²) in [6, 6.07) is 3.82. The Hall–Kier alpha value is -1.71. The van der Waals surface area contributed by atoms with Crippen molar-refractivity contribution in [2.45, 2.75) is 25.7 Å². The minimum atomic E-state index is 0.545. The van der Waals surface area contributed by atoms with Gasteiger partial charge in [0.15, 0.2) is 0 Å². The maximum absolute atomic E-state index is 5.36. The van der Waals surface area contributed by atoms with Crippen LogP contribution >= 0.6 is 0 Å². The fraction of sp³-hybridized carbons (Fsp3) is 0.364. The van der Waals surface area contributed by atoms with Gasteiger partial charge in [-0.05, 0) is 31.9 Å². The first-order chi connectivity index (χ1) is 7.36. The molecule has 76 valence electrons. The molecule has 0 saturated heterocycles. The highest BCUT2D eigenvalue weighted by Crippen LogP contribution is 2.44. The lowest BCUT2D eigenvalue weighted by Crippen LogP contribution is -1.89. The van der Waals surface area contributed by atoms with E-state index in [-0.39, 0.29) is 0 Å². The predicted molar refractivity (Wildman–Crippen MR) is 54.2 cm³/mol. The Morgan fingerprint density at radius 1 is 1.40 bits per heavy atom. The molecular weight excluding hydrogens is 190 g/mol. The molecule has 4 nitrogen and oxygen atoms in total. The Morgan fingerprint density at radius 3 is 2.93 bits per heavy atom. The molecule has 1 aliphatic rings. The molecule has 0 aromatic carbocycles. The molecule has 2 heterocycles. The van der Waals surface area contributed by atoms with Crippen molar-refractivity contribution in [2.75, 3.05) is 0 Å². The van der Waals surface area contributed by atoms with Crippen molar-refractivity contribution >= 4 is 0 Å². The van der Waals surface area contributed by atoms with Crippen LogP contribution in [0.25, 0.3) is 11.3 Å². The highest BCUT2D eigenvalue weighted by molar-refractivity contribution is 5.64. The van der Waals surface area contributed by atoms with Crippen LogP contribution in [0.2, 0.25) is 0 Å². The third-order valence-electron chi connectivity index (χ3n) is 2.67. The van der Waals surface area contributed by atoms with Gasteiger partial charge in [-0.3, -0.25) is 0 Å². The van der Waals surface area contributed by atoms with E-state index in [1.807, 2.05) is 19.1 Å². The van der Waals surface area contributed by atoms with Crippen molar-refractivity contribution < 1.29 is 4.52 Å². The highest BCUT2D eigenvalue weighted by atomic mass is 16.5. The Balaban J connectivity index is 2.13. The van der Waals surface area contributed by atoms with E-state index < -0.39 is 0 Å². The predicted octanol–water partition coefficient (Wildman–Crippen LogP) is 2.32. The van der Waals surface area contributed by atoms with Crippen LogP contribution in [0.5, 0.6) is 0 Å². The van der Waals surface area contributed by atoms with Crippen molar-refractivity contribution in [3.05, 3.63) is 29.8 Å². The van der Waals surface area contributed by atoms with Crippen LogP contribution in [0, 0.1) is 6.92 Å². The molecule has 0 bridgehead atoms. The van der Waals surface area contributed by atoms with Gasteiger partial charge >= 0.3 is 0 Å². The molecule has 0 N–H and O–H groups in total. The standard InChI is InChI=1S/C11H11N3O/c1-7-10(9-3-2-6-12-13-9)11(15-14-7)8-4-5-8/h2-3,6,8H,4-5H2,1H3. The Labute approximate surface area is 87.3 Å². The maximum Gasteiger partial charge on any atom is 0.149 e. The van der Waals surface area contributed by atoms with Crippen LogP contribution in [-0.2, 0) is 0 Å². The van der Waals surface area contributed by atoms with Crippen LogP contribution in [0.15, 0.2) is 22.9 Å². The molecular formula is C11H11N3O. The molecule has 1 fully saturated rings. The van der Waals surface area contributed by atoms with E-state index in [0.717, 1.165) is 22.7 Å². The topological polar surface area (TPSA) is 51.8 Å². The summed E-state index contributed by atoms with van der Waals surface area (Å²) in [7, 11) is 0. The first kappa shape index (κ1) is 8.59. The van der Waals surface area contributed by atoms with Crippen molar-refractivity contribution in [1.29, 1.82) is 0 Å². The summed E-state index contributed by atoms with van der Waals surface area (Å²) >= 11 is 0. The van der Waals surface area contributed by atoms with E-state index in [1.165, 1.54) is 12.8 Å². The number of aryl methyl sites for hydroxylation is 1. The van der Waals surface area contributed by atoms with Crippen molar-refractivity contribution in [2.24, 2.45) is 0 Å². The zero-order valence-electron chi connectivity index (χ0n) is 8.47. The van der Waals surface area contributed by atoms with Crippen molar-refractivity contribution in [1.82, 2.24) is 15.4 Å². The third-order valence-corrected chi connectivity index (χ3v) is 2.67. The summed E-state index contributed by atoms with van der Waals surface area (Å²) < 4.78 is 5.36. The summed E-state index contributed by atoms with van der Waals surface area (Å²) in [6.07, 6.45) is 4.06. The maximum atomic E-state index is 5.36. The molecule has 1 aliphatic carbocycles. The van der Waals surface area contributed by atoms with Gasteiger partial charge in [0.05, 0.1) is 17.0 Å². The molecule has 3 rings (SSSR count). The molecule has 1 saturated carbocycles. The van der Waals surface area contributed by atoms with Gasteiger partial charge in [-0.2, -0.15) is 10.2 Å². The molecule has 0 radical (unpaired) electrons. The van der Waals surface area contributed by atoms with E-state index in [9.17, 15) is 0 Å². The molecule has 15 heavy (non-hydrogen) atoms. The second-order valence-corrected chi connectivity index (χ2v) is 3.89. The van der Waals surface area contributed by atoms with Crippen molar-refractivity contribution in [3.8, 4) is 11.3 Å². The molecule has 4 heteroatoms. The fourth-order valence-corrected chi connectivity index (χ4v) is 1.76. The molecule has 2 aromatic rings. The van der Waals surface area contributed by atoms with E-state index in [1.54, 1.807) is 6.20 Å². The first-order valence-corrected chi connectivity index (χ1v) is 5.10. The molecule has 0 atom stereocenters. The molecule has 0 unspecified atom stereocenters. The lowest BCUT2D eigenvalue weighted by atomic mass is 10.1. The number of aromatic nitrogens is 3. The average Bonchev–Trinajstić information content (AvgIpc) is 3.04. The Bertz CT molecular complexity index is 474. The van der Waals surface area contributed by atoms with Gasteiger partial charge in [0.25, 0.3) is 0 Å². The quantitative estimate of drug-likeness (QED) is 0.748. The van der Waals surface area contributed by atoms with Crippen LogP contribution in [0.4, 0.5) is 0 Å². The molecule has 0 amide bonds. The normalized spacial score (nSPS) is 15.5. The second kappa shape index (κ2) is 3.15. The third kappa shape index (κ3) is 1.42. The van der Waals surface area contributed by atoms with Crippen LogP contribution in [0.1, 0.15) is 30.2 Å². The number of hydrogen-bond donors (Lipinski definition) is 0. The smallest absolute Gasteiger partial charge is 0.149 e. The van der Waals surface area contributed by atoms with E-state index in [0.29, 0.717) is 5.92 Å². The molecule has 0 spiro atoms. The van der Waals surface area contributed by atoms with Gasteiger partial charge in [0.1, 0.15) is 5.76 Å². The first-order valence-electron chi connectivity index (χ1n) is 5.10. The zero-order chi connectivity index (χ0) is 10.3. The van der Waals surface area contributed by atoms with Gasteiger partial charge in [0, 0.05) is 12.1 Å². The summed E-state index contributed by atoms with van der Waals surface area (Å²) in [5, 5.41) is 12.0. The van der Waals surface area contributed by atoms with Crippen LogP contribution in [0.3, 0.4) is 0 Å². The Morgan fingerprint density at radius 2 is 2.27 bits per heavy atom. The lowest BCUT2D eigenvalue weighted by molar-refractivity contribution is 0.381. The largest absolute Gasteiger partial charge is 0.360 e. The monoisotopic (exact) mass is 201 g/mol. The number of hydrogen-bond acceptors (Lipinski definition) is 4. The van der Waals surface area contributed by atoms with E-state index in [2.05, 4.69) is 15.4 Å². The van der Waals surface area contributed by atoms with Crippen LogP contribution < -0.4 is 0 Å². The SMILES string of the molecule is Cc1noc(C2CC2)c1-c1cccnn1. The molecule has 2 aromatic heterocycles. The van der Waals surface area contributed by atoms with E-state index >= 15 is 0 Å². The summed E-state index contributed by atoms with van der Waals surface area (Å²) in [5.74, 6) is 1.52. The van der Waals surface area contributed by atoms with Gasteiger partial charge in [-0.25, -0.2) is 0 Å². The zero-order valence-corrected chi connectivity index (χ0v) is 8.47. The van der Waals surface area contributed by atoms with Gasteiger partial charge in [-0.15, -0.1) is 0 Å². The number of rotatable bonds is 2. The minimum absolute atomic E-state index is 0.545. The van der Waals surface area contributed by atoms with E-state index in [4.69, 9.17) is 4.52 Å². The van der Waals surface area contributed by atoms with Gasteiger partial charge in [0.2, 0.25) is 0 Å². The highest BCUT2D eigenvalue weighted by Gasteiger charge is 2.32. The van der Waals surface area contributed by atoms with Gasteiger partial charge in [-0.1, -0.05) is 5.16 Å². The summed E-state index contributed by atoms with van der Waals surface area (Å²) in [4.78, 5) is 0. The minimum Gasteiger partial charge on any atom is -0.360 e. The van der Waals surface area contributed by atoms with Crippen LogP contribution in [-0.4, -0.2) is 15.4 Å². The van der Waals surface area contributed by atoms with Gasteiger partial charge < -0.3 is 4.52 Å². The average molecular weight is 201 g/mol. The summed E-state index contributed by atoms with van der Waals surface area (Å²) in [6.45, 7) is 1.94. The summed E-state index contributed by atoms with van der Waals surface area (Å²) in [5.41, 5.74) is 2.79.